The maximum Gasteiger partial charge on any atom is 0.223 e. The third kappa shape index (κ3) is 2.35. The summed E-state index contributed by atoms with van der Waals surface area (Å²) in [5, 5.41) is 3.94. The van der Waals surface area contributed by atoms with Crippen LogP contribution in [0.4, 0.5) is 0 Å². The van der Waals surface area contributed by atoms with Crippen LogP contribution in [0.15, 0.2) is 10.6 Å². The topological polar surface area (TPSA) is 72.4 Å². The van der Waals surface area contributed by atoms with Crippen LogP contribution >= 0.6 is 0 Å². The molecule has 1 aliphatic carbocycles. The highest BCUT2D eigenvalue weighted by molar-refractivity contribution is 5.78. The van der Waals surface area contributed by atoms with Crippen molar-refractivity contribution in [3.05, 3.63) is 17.5 Å². The van der Waals surface area contributed by atoms with Gasteiger partial charge in [-0.05, 0) is 44.6 Å². The summed E-state index contributed by atoms with van der Waals surface area (Å²) in [5.74, 6) is 1.05. The lowest BCUT2D eigenvalue weighted by atomic mass is 9.66. The molecular weight excluding hydrogens is 254 g/mol. The maximum atomic E-state index is 12.6. The summed E-state index contributed by atoms with van der Waals surface area (Å²) in [6.45, 7) is 3.36. The van der Waals surface area contributed by atoms with E-state index >= 15 is 0 Å². The van der Waals surface area contributed by atoms with E-state index in [1.54, 1.807) is 0 Å². The van der Waals surface area contributed by atoms with Gasteiger partial charge in [0.2, 0.25) is 5.91 Å². The molecule has 0 aromatic carbocycles. The third-order valence-corrected chi connectivity index (χ3v) is 4.92. The molecule has 0 bridgehead atoms. The van der Waals surface area contributed by atoms with Crippen LogP contribution in [0.1, 0.15) is 56.0 Å². The molecule has 20 heavy (non-hydrogen) atoms. The van der Waals surface area contributed by atoms with Crippen LogP contribution in [0.5, 0.6) is 0 Å². The summed E-state index contributed by atoms with van der Waals surface area (Å²) < 4.78 is 5.36. The lowest BCUT2D eigenvalue weighted by Gasteiger charge is -2.41. The van der Waals surface area contributed by atoms with Crippen LogP contribution in [-0.4, -0.2) is 29.1 Å². The van der Waals surface area contributed by atoms with Crippen molar-refractivity contribution < 1.29 is 9.32 Å². The van der Waals surface area contributed by atoms with Gasteiger partial charge in [0.05, 0.1) is 11.7 Å². The molecule has 1 aliphatic heterocycles. The average molecular weight is 277 g/mol. The smallest absolute Gasteiger partial charge is 0.223 e. The van der Waals surface area contributed by atoms with Crippen molar-refractivity contribution in [1.82, 2.24) is 10.1 Å². The quantitative estimate of drug-likeness (QED) is 0.915. The summed E-state index contributed by atoms with van der Waals surface area (Å²) >= 11 is 0. The molecule has 1 aromatic heterocycles. The predicted molar refractivity (Wildman–Crippen MR) is 74.9 cm³/mol. The lowest BCUT2D eigenvalue weighted by molar-refractivity contribution is -0.136. The monoisotopic (exact) mass is 277 g/mol. The predicted octanol–water partition coefficient (Wildman–Crippen LogP) is 2.17. The van der Waals surface area contributed by atoms with Crippen molar-refractivity contribution in [3.8, 4) is 0 Å². The molecule has 110 valence electrons. The first-order valence-corrected chi connectivity index (χ1v) is 7.56. The average Bonchev–Trinajstić information content (AvgIpc) is 3.01. The number of likely N-dealkylation sites (tertiary alicyclic amines) is 1. The van der Waals surface area contributed by atoms with E-state index < -0.39 is 0 Å². The molecule has 2 fully saturated rings. The Kier molecular flexibility index (Phi) is 3.54. The van der Waals surface area contributed by atoms with Gasteiger partial charge in [0.15, 0.2) is 5.76 Å². The molecule has 2 aliphatic rings. The minimum atomic E-state index is 0.0681. The molecule has 1 amide bonds. The highest BCUT2D eigenvalue weighted by Gasteiger charge is 2.41. The Morgan fingerprint density at radius 2 is 2.35 bits per heavy atom. The summed E-state index contributed by atoms with van der Waals surface area (Å²) in [6, 6.07) is 2.01. The largest absolute Gasteiger partial charge is 0.359 e. The van der Waals surface area contributed by atoms with Gasteiger partial charge in [0.25, 0.3) is 0 Å². The minimum absolute atomic E-state index is 0.0681. The van der Waals surface area contributed by atoms with Crippen LogP contribution in [0, 0.1) is 12.3 Å². The van der Waals surface area contributed by atoms with E-state index in [0.29, 0.717) is 13.0 Å². The van der Waals surface area contributed by atoms with Crippen LogP contribution in [-0.2, 0) is 4.79 Å². The first kappa shape index (κ1) is 13.6. The van der Waals surface area contributed by atoms with E-state index in [9.17, 15) is 4.79 Å². The molecule has 1 unspecified atom stereocenters. The van der Waals surface area contributed by atoms with E-state index in [4.69, 9.17) is 10.3 Å². The van der Waals surface area contributed by atoms with Gasteiger partial charge in [-0.15, -0.1) is 0 Å². The van der Waals surface area contributed by atoms with Gasteiger partial charge in [-0.1, -0.05) is 11.6 Å². The molecule has 5 heteroatoms. The molecule has 2 heterocycles. The first-order valence-electron chi connectivity index (χ1n) is 7.56. The molecule has 1 saturated carbocycles. The minimum Gasteiger partial charge on any atom is -0.359 e. The number of nitrogens with two attached hydrogens (primary N) is 1. The van der Waals surface area contributed by atoms with E-state index in [-0.39, 0.29) is 17.4 Å². The van der Waals surface area contributed by atoms with Gasteiger partial charge in [-0.2, -0.15) is 0 Å². The molecular formula is C15H23N3O2. The van der Waals surface area contributed by atoms with E-state index in [1.165, 1.54) is 6.42 Å². The van der Waals surface area contributed by atoms with Crippen molar-refractivity contribution in [2.24, 2.45) is 11.1 Å². The number of rotatable bonds is 4. The molecule has 1 saturated heterocycles. The Morgan fingerprint density at radius 1 is 1.55 bits per heavy atom. The molecule has 0 radical (unpaired) electrons. The Labute approximate surface area is 119 Å². The van der Waals surface area contributed by atoms with Crippen LogP contribution in [0.2, 0.25) is 0 Å². The van der Waals surface area contributed by atoms with E-state index in [2.05, 4.69) is 5.16 Å². The Balaban J connectivity index is 1.70. The Bertz CT molecular complexity index is 488. The Hall–Kier alpha value is -1.36. The van der Waals surface area contributed by atoms with Gasteiger partial charge < -0.3 is 15.2 Å². The summed E-state index contributed by atoms with van der Waals surface area (Å²) in [5.41, 5.74) is 6.81. The van der Waals surface area contributed by atoms with Crippen LogP contribution < -0.4 is 5.73 Å². The molecule has 2 N–H and O–H groups in total. The first-order chi connectivity index (χ1) is 9.63. The molecule has 3 rings (SSSR count). The van der Waals surface area contributed by atoms with Crippen LogP contribution in [0.25, 0.3) is 0 Å². The van der Waals surface area contributed by atoms with Gasteiger partial charge in [-0.3, -0.25) is 4.79 Å². The van der Waals surface area contributed by atoms with Crippen molar-refractivity contribution >= 4 is 5.91 Å². The van der Waals surface area contributed by atoms with Gasteiger partial charge in [0, 0.05) is 19.0 Å². The van der Waals surface area contributed by atoms with Crippen molar-refractivity contribution in [3.63, 3.8) is 0 Å². The second-order valence-electron chi connectivity index (χ2n) is 6.35. The number of amides is 1. The van der Waals surface area contributed by atoms with E-state index in [1.807, 2.05) is 17.9 Å². The zero-order valence-corrected chi connectivity index (χ0v) is 12.1. The fourth-order valence-electron chi connectivity index (χ4n) is 3.45. The number of carbonyl (C=O) groups excluding carboxylic acids is 1. The zero-order chi connectivity index (χ0) is 14.2. The number of aromatic nitrogens is 1. The number of nitrogens with zero attached hydrogens (tertiary/aromatic N) is 2. The van der Waals surface area contributed by atoms with Crippen molar-refractivity contribution in [2.75, 3.05) is 13.1 Å². The standard InChI is InChI=1S/C15H23N3O2/c1-11-8-13(20-17-11)12-4-2-7-18(12)14(19)9-15(10-16)5-3-6-15/h8,12H,2-7,9-10,16H2,1H3. The van der Waals surface area contributed by atoms with Crippen molar-refractivity contribution in [2.45, 2.75) is 51.5 Å². The SMILES string of the molecule is Cc1cc(C2CCCN2C(=O)CC2(CN)CCC2)on1. The molecule has 5 nitrogen and oxygen atoms in total. The fourth-order valence-corrected chi connectivity index (χ4v) is 3.45. The number of aryl methyl sites for hydroxylation is 1. The zero-order valence-electron chi connectivity index (χ0n) is 12.1. The Morgan fingerprint density at radius 3 is 2.90 bits per heavy atom. The molecule has 0 spiro atoms. The number of carbonyl (C=O) groups is 1. The summed E-state index contributed by atoms with van der Waals surface area (Å²) in [7, 11) is 0. The van der Waals surface area contributed by atoms with Gasteiger partial charge in [-0.25, -0.2) is 0 Å². The summed E-state index contributed by atoms with van der Waals surface area (Å²) in [4.78, 5) is 14.6. The number of hydrogen-bond acceptors (Lipinski definition) is 4. The van der Waals surface area contributed by atoms with E-state index in [0.717, 1.165) is 43.7 Å². The fraction of sp³-hybridized carbons (Fsp3) is 0.733. The normalized spacial score (nSPS) is 24.7. The maximum absolute atomic E-state index is 12.6. The highest BCUT2D eigenvalue weighted by Crippen LogP contribution is 2.44. The molecule has 1 aromatic rings. The summed E-state index contributed by atoms with van der Waals surface area (Å²) in [6.07, 6.45) is 5.98. The molecule has 1 atom stereocenters. The highest BCUT2D eigenvalue weighted by atomic mass is 16.5. The lowest BCUT2D eigenvalue weighted by Crippen LogP contribution is -2.43. The van der Waals surface area contributed by atoms with Gasteiger partial charge in [0.1, 0.15) is 0 Å². The second kappa shape index (κ2) is 5.20. The van der Waals surface area contributed by atoms with Crippen LogP contribution in [0.3, 0.4) is 0 Å². The third-order valence-electron chi connectivity index (χ3n) is 4.92. The second-order valence-corrected chi connectivity index (χ2v) is 6.35. The van der Waals surface area contributed by atoms with Crippen molar-refractivity contribution in [1.29, 1.82) is 0 Å². The number of hydrogen-bond donors (Lipinski definition) is 1. The van der Waals surface area contributed by atoms with Gasteiger partial charge >= 0.3 is 0 Å².